The first kappa shape index (κ1) is 15.5. The molecule has 0 saturated carbocycles. The quantitative estimate of drug-likeness (QED) is 0.843. The van der Waals surface area contributed by atoms with E-state index in [1.54, 1.807) is 0 Å². The molecule has 0 atom stereocenters. The number of hydrogen-bond acceptors (Lipinski definition) is 3. The summed E-state index contributed by atoms with van der Waals surface area (Å²) < 4.78 is 0. The molecule has 0 aliphatic heterocycles. The molecule has 3 heteroatoms. The molecule has 21 heavy (non-hydrogen) atoms. The van der Waals surface area contributed by atoms with Gasteiger partial charge in [-0.2, -0.15) is 0 Å². The van der Waals surface area contributed by atoms with Gasteiger partial charge in [-0.15, -0.1) is 0 Å². The van der Waals surface area contributed by atoms with Crippen LogP contribution >= 0.6 is 0 Å². The Morgan fingerprint density at radius 2 is 1.86 bits per heavy atom. The van der Waals surface area contributed by atoms with Gasteiger partial charge in [0.05, 0.1) is 12.2 Å². The fourth-order valence-corrected chi connectivity index (χ4v) is 2.35. The largest absolute Gasteiger partial charge is 0.368 e. The Morgan fingerprint density at radius 3 is 2.57 bits per heavy atom. The molecule has 1 N–H and O–H groups in total. The molecule has 3 nitrogen and oxygen atoms in total. The topological polar surface area (TPSA) is 28.2 Å². The highest BCUT2D eigenvalue weighted by atomic mass is 15.1. The lowest BCUT2D eigenvalue weighted by Gasteiger charge is -2.22. The van der Waals surface area contributed by atoms with Gasteiger partial charge < -0.3 is 10.2 Å². The van der Waals surface area contributed by atoms with Gasteiger partial charge in [0.15, 0.2) is 0 Å². The van der Waals surface area contributed by atoms with E-state index in [0.717, 1.165) is 25.3 Å². The minimum atomic E-state index is 0.670. The van der Waals surface area contributed by atoms with Crippen molar-refractivity contribution in [3.63, 3.8) is 0 Å². The Morgan fingerprint density at radius 1 is 1.10 bits per heavy atom. The smallest absolute Gasteiger partial charge is 0.0598 e. The maximum Gasteiger partial charge on any atom is 0.0598 e. The van der Waals surface area contributed by atoms with Crippen molar-refractivity contribution in [3.8, 4) is 0 Å². The van der Waals surface area contributed by atoms with Crippen molar-refractivity contribution in [2.24, 2.45) is 5.92 Å². The Balaban J connectivity index is 2.04. The van der Waals surface area contributed by atoms with Crippen molar-refractivity contribution in [1.29, 1.82) is 0 Å². The van der Waals surface area contributed by atoms with Crippen LogP contribution in [0.2, 0.25) is 0 Å². The molecule has 1 heterocycles. The number of aromatic nitrogens is 1. The first-order chi connectivity index (χ1) is 10.2. The Bertz CT molecular complexity index is 537. The predicted molar refractivity (Wildman–Crippen MR) is 89.3 cm³/mol. The number of rotatable bonds is 7. The minimum Gasteiger partial charge on any atom is -0.368 e. The molecule has 0 saturated heterocycles. The van der Waals surface area contributed by atoms with Crippen LogP contribution in [0, 0.1) is 5.92 Å². The molecule has 0 radical (unpaired) electrons. The molecule has 0 aliphatic rings. The number of para-hydroxylation sites is 1. The van der Waals surface area contributed by atoms with Crippen molar-refractivity contribution in [2.45, 2.75) is 26.9 Å². The van der Waals surface area contributed by atoms with Crippen LogP contribution in [-0.4, -0.2) is 18.6 Å². The molecule has 0 unspecified atom stereocenters. The van der Waals surface area contributed by atoms with E-state index in [0.29, 0.717) is 5.92 Å². The number of nitrogens with one attached hydrogen (secondary N) is 1. The van der Waals surface area contributed by atoms with Gasteiger partial charge in [0.1, 0.15) is 0 Å². The first-order valence-electron chi connectivity index (χ1n) is 7.56. The summed E-state index contributed by atoms with van der Waals surface area (Å²) in [5.41, 5.74) is 3.68. The van der Waals surface area contributed by atoms with Gasteiger partial charge in [-0.25, -0.2) is 0 Å². The standard InChI is InChI=1S/C18H25N3/c1-15(2)12-19-13-16-8-4-5-10-18(16)21(3)14-17-9-6-7-11-20-17/h4-11,15,19H,12-14H2,1-3H3. The summed E-state index contributed by atoms with van der Waals surface area (Å²) in [6.07, 6.45) is 1.85. The highest BCUT2D eigenvalue weighted by Crippen LogP contribution is 2.20. The average Bonchev–Trinajstić information content (AvgIpc) is 2.48. The summed E-state index contributed by atoms with van der Waals surface area (Å²) in [5.74, 6) is 0.670. The van der Waals surface area contributed by atoms with Crippen LogP contribution in [0.5, 0.6) is 0 Å². The molecular weight excluding hydrogens is 258 g/mol. The molecular formula is C18H25N3. The van der Waals surface area contributed by atoms with Gasteiger partial charge in [0, 0.05) is 25.5 Å². The number of nitrogens with zero attached hydrogens (tertiary/aromatic N) is 2. The first-order valence-corrected chi connectivity index (χ1v) is 7.56. The van der Waals surface area contributed by atoms with Gasteiger partial charge in [0.25, 0.3) is 0 Å². The average molecular weight is 283 g/mol. The second kappa shape index (κ2) is 7.79. The van der Waals surface area contributed by atoms with Crippen LogP contribution in [0.15, 0.2) is 48.7 Å². The molecule has 0 bridgehead atoms. The molecule has 0 fully saturated rings. The van der Waals surface area contributed by atoms with E-state index in [-0.39, 0.29) is 0 Å². The lowest BCUT2D eigenvalue weighted by atomic mass is 10.1. The lowest BCUT2D eigenvalue weighted by Crippen LogP contribution is -2.23. The lowest BCUT2D eigenvalue weighted by molar-refractivity contribution is 0.552. The molecule has 0 amide bonds. The number of anilines is 1. The zero-order valence-corrected chi connectivity index (χ0v) is 13.2. The third-order valence-corrected chi connectivity index (χ3v) is 3.40. The fourth-order valence-electron chi connectivity index (χ4n) is 2.35. The van der Waals surface area contributed by atoms with Crippen LogP contribution in [0.1, 0.15) is 25.1 Å². The SMILES string of the molecule is CC(C)CNCc1ccccc1N(C)Cc1ccccn1. The number of benzene rings is 1. The van der Waals surface area contributed by atoms with Gasteiger partial charge in [-0.1, -0.05) is 38.1 Å². The van der Waals surface area contributed by atoms with Crippen molar-refractivity contribution in [2.75, 3.05) is 18.5 Å². The Labute approximate surface area is 128 Å². The summed E-state index contributed by atoms with van der Waals surface area (Å²) in [5, 5.41) is 3.52. The molecule has 2 aromatic rings. The Hall–Kier alpha value is -1.87. The highest BCUT2D eigenvalue weighted by molar-refractivity contribution is 5.53. The zero-order valence-electron chi connectivity index (χ0n) is 13.2. The molecule has 1 aromatic carbocycles. The summed E-state index contributed by atoms with van der Waals surface area (Å²) in [6, 6.07) is 14.6. The van der Waals surface area contributed by atoms with E-state index < -0.39 is 0 Å². The molecule has 1 aromatic heterocycles. The second-order valence-corrected chi connectivity index (χ2v) is 5.83. The van der Waals surface area contributed by atoms with E-state index in [1.165, 1.54) is 11.3 Å². The normalized spacial score (nSPS) is 10.9. The highest BCUT2D eigenvalue weighted by Gasteiger charge is 2.08. The number of hydrogen-bond donors (Lipinski definition) is 1. The van der Waals surface area contributed by atoms with Crippen molar-refractivity contribution < 1.29 is 0 Å². The second-order valence-electron chi connectivity index (χ2n) is 5.83. The van der Waals surface area contributed by atoms with Crippen LogP contribution in [0.25, 0.3) is 0 Å². The third kappa shape index (κ3) is 4.87. The molecule has 0 aliphatic carbocycles. The van der Waals surface area contributed by atoms with E-state index in [2.05, 4.69) is 66.4 Å². The molecule has 2 rings (SSSR count). The van der Waals surface area contributed by atoms with E-state index in [1.807, 2.05) is 18.3 Å². The summed E-state index contributed by atoms with van der Waals surface area (Å²) in [4.78, 5) is 6.66. The van der Waals surface area contributed by atoms with Crippen LogP contribution in [-0.2, 0) is 13.1 Å². The fraction of sp³-hybridized carbons (Fsp3) is 0.389. The van der Waals surface area contributed by atoms with Crippen molar-refractivity contribution >= 4 is 5.69 Å². The van der Waals surface area contributed by atoms with E-state index in [4.69, 9.17) is 0 Å². The Kier molecular flexibility index (Phi) is 5.76. The maximum absolute atomic E-state index is 4.40. The van der Waals surface area contributed by atoms with Crippen molar-refractivity contribution in [3.05, 3.63) is 59.9 Å². The zero-order chi connectivity index (χ0) is 15.1. The minimum absolute atomic E-state index is 0.670. The summed E-state index contributed by atoms with van der Waals surface area (Å²) in [6.45, 7) is 7.22. The van der Waals surface area contributed by atoms with Gasteiger partial charge in [-0.05, 0) is 36.2 Å². The maximum atomic E-state index is 4.40. The third-order valence-electron chi connectivity index (χ3n) is 3.40. The predicted octanol–water partition coefficient (Wildman–Crippen LogP) is 3.46. The van der Waals surface area contributed by atoms with E-state index >= 15 is 0 Å². The number of pyridine rings is 1. The van der Waals surface area contributed by atoms with Gasteiger partial charge >= 0.3 is 0 Å². The summed E-state index contributed by atoms with van der Waals surface area (Å²) in [7, 11) is 2.12. The summed E-state index contributed by atoms with van der Waals surface area (Å²) >= 11 is 0. The van der Waals surface area contributed by atoms with E-state index in [9.17, 15) is 0 Å². The van der Waals surface area contributed by atoms with Crippen molar-refractivity contribution in [1.82, 2.24) is 10.3 Å². The monoisotopic (exact) mass is 283 g/mol. The molecule has 0 spiro atoms. The van der Waals surface area contributed by atoms with Crippen LogP contribution in [0.3, 0.4) is 0 Å². The van der Waals surface area contributed by atoms with Crippen LogP contribution < -0.4 is 10.2 Å². The molecule has 112 valence electrons. The van der Waals surface area contributed by atoms with Crippen LogP contribution in [0.4, 0.5) is 5.69 Å². The van der Waals surface area contributed by atoms with Gasteiger partial charge in [-0.3, -0.25) is 4.98 Å². The van der Waals surface area contributed by atoms with Gasteiger partial charge in [0.2, 0.25) is 0 Å².